The molecule has 4 nitrogen and oxygen atoms in total. The summed E-state index contributed by atoms with van der Waals surface area (Å²) >= 11 is 9.10. The number of nitrogens with two attached hydrogens (primary N) is 1. The van der Waals surface area contributed by atoms with Gasteiger partial charge in [0.1, 0.15) is 5.69 Å². The van der Waals surface area contributed by atoms with E-state index in [1.54, 1.807) is 24.3 Å². The second kappa shape index (κ2) is 5.76. The fourth-order valence-corrected chi connectivity index (χ4v) is 2.06. The van der Waals surface area contributed by atoms with E-state index in [-0.39, 0.29) is 22.1 Å². The molecule has 0 saturated carbocycles. The van der Waals surface area contributed by atoms with Crippen LogP contribution in [0.5, 0.6) is 0 Å². The number of pyridine rings is 1. The topological polar surface area (TPSA) is 65.2 Å². The van der Waals surface area contributed by atoms with E-state index >= 15 is 0 Å². The molecular formula is C13H9BrClFN2O2. The lowest BCUT2D eigenvalue weighted by molar-refractivity contribution is 0.0594. The van der Waals surface area contributed by atoms with Crippen molar-refractivity contribution in [2.45, 2.75) is 0 Å². The van der Waals surface area contributed by atoms with Crippen molar-refractivity contribution in [2.75, 3.05) is 12.8 Å². The first-order chi connectivity index (χ1) is 9.45. The summed E-state index contributed by atoms with van der Waals surface area (Å²) in [6.07, 6.45) is 0. The minimum atomic E-state index is -0.778. The van der Waals surface area contributed by atoms with Crippen LogP contribution >= 0.6 is 27.5 Å². The zero-order chi connectivity index (χ0) is 14.9. The molecule has 20 heavy (non-hydrogen) atoms. The summed E-state index contributed by atoms with van der Waals surface area (Å²) < 4.78 is 19.5. The molecule has 1 aromatic heterocycles. The van der Waals surface area contributed by atoms with Gasteiger partial charge in [0.15, 0.2) is 11.5 Å². The highest BCUT2D eigenvalue weighted by molar-refractivity contribution is 9.10. The lowest BCUT2D eigenvalue weighted by Crippen LogP contribution is -2.10. The SMILES string of the molecule is COC(=O)c1nc(-c2ccc(Br)cc2)c(F)c(N)c1Cl. The number of hydrogen-bond acceptors (Lipinski definition) is 4. The normalized spacial score (nSPS) is 10.4. The second-order valence-electron chi connectivity index (χ2n) is 3.85. The first-order valence-electron chi connectivity index (χ1n) is 5.44. The summed E-state index contributed by atoms with van der Waals surface area (Å²) in [6, 6.07) is 6.73. The molecule has 2 aromatic rings. The van der Waals surface area contributed by atoms with Crippen LogP contribution in [0.3, 0.4) is 0 Å². The highest BCUT2D eigenvalue weighted by atomic mass is 79.9. The van der Waals surface area contributed by atoms with E-state index in [0.717, 1.165) is 4.47 Å². The maximum Gasteiger partial charge on any atom is 0.358 e. The number of hydrogen-bond donors (Lipinski definition) is 1. The first-order valence-corrected chi connectivity index (χ1v) is 6.61. The van der Waals surface area contributed by atoms with Crippen LogP contribution in [0.25, 0.3) is 11.3 Å². The van der Waals surface area contributed by atoms with Crippen LogP contribution in [0.1, 0.15) is 10.5 Å². The molecule has 0 fully saturated rings. The Morgan fingerprint density at radius 2 is 2.00 bits per heavy atom. The lowest BCUT2D eigenvalue weighted by atomic mass is 10.1. The molecule has 0 bridgehead atoms. The highest BCUT2D eigenvalue weighted by Gasteiger charge is 2.22. The number of nitrogens with zero attached hydrogens (tertiary/aromatic N) is 1. The lowest BCUT2D eigenvalue weighted by Gasteiger charge is -2.10. The average Bonchev–Trinajstić information content (AvgIpc) is 2.45. The third kappa shape index (κ3) is 2.62. The molecule has 0 aliphatic carbocycles. The minimum Gasteiger partial charge on any atom is -0.464 e. The van der Waals surface area contributed by atoms with Crippen LogP contribution in [0.2, 0.25) is 5.02 Å². The highest BCUT2D eigenvalue weighted by Crippen LogP contribution is 2.32. The van der Waals surface area contributed by atoms with Gasteiger partial charge in [-0.05, 0) is 12.1 Å². The summed E-state index contributed by atoms with van der Waals surface area (Å²) in [5, 5.41) is -0.254. The molecule has 2 rings (SSSR count). The molecular weight excluding hydrogens is 351 g/mol. The van der Waals surface area contributed by atoms with Gasteiger partial charge < -0.3 is 10.5 Å². The largest absolute Gasteiger partial charge is 0.464 e. The number of benzene rings is 1. The standard InChI is InChI=1S/C13H9BrClFN2O2/c1-20-13(19)12-8(15)10(17)9(16)11(18-12)6-2-4-7(14)5-3-6/h2-5H,1H3,(H2,17,18). The van der Waals surface area contributed by atoms with Gasteiger partial charge in [-0.25, -0.2) is 14.2 Å². The number of anilines is 1. The maximum atomic E-state index is 14.2. The van der Waals surface area contributed by atoms with Crippen LogP contribution in [-0.4, -0.2) is 18.1 Å². The number of aromatic nitrogens is 1. The van der Waals surface area contributed by atoms with Crippen molar-refractivity contribution in [3.8, 4) is 11.3 Å². The van der Waals surface area contributed by atoms with Gasteiger partial charge in [-0.1, -0.05) is 39.7 Å². The van der Waals surface area contributed by atoms with Crippen LogP contribution in [0, 0.1) is 5.82 Å². The molecule has 0 amide bonds. The summed E-state index contributed by atoms with van der Waals surface area (Å²) in [5.41, 5.74) is 5.44. The second-order valence-corrected chi connectivity index (χ2v) is 5.14. The molecule has 104 valence electrons. The van der Waals surface area contributed by atoms with Crippen molar-refractivity contribution in [1.82, 2.24) is 4.98 Å². The van der Waals surface area contributed by atoms with E-state index in [1.165, 1.54) is 7.11 Å². The van der Waals surface area contributed by atoms with E-state index in [0.29, 0.717) is 5.56 Å². The Morgan fingerprint density at radius 1 is 1.40 bits per heavy atom. The molecule has 2 N–H and O–H groups in total. The number of ether oxygens (including phenoxy) is 1. The van der Waals surface area contributed by atoms with Crippen molar-refractivity contribution in [3.05, 3.63) is 45.3 Å². The van der Waals surface area contributed by atoms with Gasteiger partial charge >= 0.3 is 5.97 Å². The van der Waals surface area contributed by atoms with Gasteiger partial charge in [-0.3, -0.25) is 0 Å². The van der Waals surface area contributed by atoms with Crippen LogP contribution in [0.4, 0.5) is 10.1 Å². The first kappa shape index (κ1) is 14.7. The van der Waals surface area contributed by atoms with E-state index in [2.05, 4.69) is 25.7 Å². The molecule has 0 radical (unpaired) electrons. The van der Waals surface area contributed by atoms with Gasteiger partial charge in [0.05, 0.1) is 17.8 Å². The molecule has 0 saturated heterocycles. The monoisotopic (exact) mass is 358 g/mol. The maximum absolute atomic E-state index is 14.2. The van der Waals surface area contributed by atoms with Gasteiger partial charge in [-0.2, -0.15) is 0 Å². The number of methoxy groups -OCH3 is 1. The predicted octanol–water partition coefficient (Wildman–Crippen LogP) is 3.67. The summed E-state index contributed by atoms with van der Waals surface area (Å²) in [6.45, 7) is 0. The van der Waals surface area contributed by atoms with E-state index in [9.17, 15) is 9.18 Å². The fourth-order valence-electron chi connectivity index (χ4n) is 1.59. The summed E-state index contributed by atoms with van der Waals surface area (Å²) in [4.78, 5) is 15.5. The molecule has 0 aliphatic rings. The molecule has 1 aromatic carbocycles. The van der Waals surface area contributed by atoms with E-state index in [4.69, 9.17) is 17.3 Å². The number of esters is 1. The van der Waals surface area contributed by atoms with Crippen molar-refractivity contribution in [3.63, 3.8) is 0 Å². The van der Waals surface area contributed by atoms with Gasteiger partial charge in [0.25, 0.3) is 0 Å². The number of rotatable bonds is 2. The van der Waals surface area contributed by atoms with Gasteiger partial charge in [0, 0.05) is 10.0 Å². The van der Waals surface area contributed by atoms with Crippen molar-refractivity contribution in [1.29, 1.82) is 0 Å². The van der Waals surface area contributed by atoms with Crippen molar-refractivity contribution in [2.24, 2.45) is 0 Å². The van der Waals surface area contributed by atoms with Crippen LogP contribution in [0.15, 0.2) is 28.7 Å². The predicted molar refractivity (Wildman–Crippen MR) is 78.1 cm³/mol. The molecule has 0 atom stereocenters. The molecule has 0 aliphatic heterocycles. The van der Waals surface area contributed by atoms with Crippen LogP contribution < -0.4 is 5.73 Å². The Kier molecular flexibility index (Phi) is 4.25. The minimum absolute atomic E-state index is 0.0557. The van der Waals surface area contributed by atoms with Crippen LogP contribution in [-0.2, 0) is 4.74 Å². The summed E-state index contributed by atoms with van der Waals surface area (Å²) in [5.74, 6) is -1.55. The molecule has 0 spiro atoms. The molecule has 1 heterocycles. The van der Waals surface area contributed by atoms with Gasteiger partial charge in [0.2, 0.25) is 0 Å². The Hall–Kier alpha value is -1.66. The summed E-state index contributed by atoms with van der Waals surface area (Å²) in [7, 11) is 1.18. The zero-order valence-corrected chi connectivity index (χ0v) is 12.6. The Balaban J connectivity index is 2.67. The third-order valence-corrected chi connectivity index (χ3v) is 3.52. The number of nitrogen functional groups attached to an aromatic ring is 1. The smallest absolute Gasteiger partial charge is 0.358 e. The third-order valence-electron chi connectivity index (χ3n) is 2.61. The quantitative estimate of drug-likeness (QED) is 0.831. The number of carbonyl (C=O) groups is 1. The molecule has 7 heteroatoms. The fraction of sp³-hybridized carbons (Fsp3) is 0.0769. The Bertz CT molecular complexity index is 677. The average molecular weight is 360 g/mol. The Labute approximate surface area is 127 Å². The van der Waals surface area contributed by atoms with Gasteiger partial charge in [-0.15, -0.1) is 0 Å². The molecule has 0 unspecified atom stereocenters. The van der Waals surface area contributed by atoms with E-state index in [1.807, 2.05) is 0 Å². The number of carbonyl (C=O) groups excluding carboxylic acids is 1. The van der Waals surface area contributed by atoms with Crippen molar-refractivity contribution < 1.29 is 13.9 Å². The zero-order valence-electron chi connectivity index (χ0n) is 10.3. The Morgan fingerprint density at radius 3 is 2.55 bits per heavy atom. The van der Waals surface area contributed by atoms with Crippen molar-refractivity contribution >= 4 is 39.2 Å². The van der Waals surface area contributed by atoms with E-state index < -0.39 is 11.8 Å². The number of halogens is 3.